The Hall–Kier alpha value is -3.78. The summed E-state index contributed by atoms with van der Waals surface area (Å²) in [5.41, 5.74) is 4.10. The molecule has 154 valence electrons. The molecule has 0 N–H and O–H groups in total. The van der Waals surface area contributed by atoms with Gasteiger partial charge in [-0.1, -0.05) is 17.9 Å². The number of hydrogen-bond donors (Lipinski definition) is 0. The van der Waals surface area contributed by atoms with Crippen LogP contribution in [0.3, 0.4) is 0 Å². The molecule has 4 nitrogen and oxygen atoms in total. The number of carbonyl (C=O) groups is 1. The molecule has 31 heavy (non-hydrogen) atoms. The van der Waals surface area contributed by atoms with Crippen molar-refractivity contribution in [2.75, 3.05) is 6.54 Å². The summed E-state index contributed by atoms with van der Waals surface area (Å²) in [6.45, 7) is 0.776. The maximum Gasteiger partial charge on any atom is 0.162 e. The van der Waals surface area contributed by atoms with Crippen LogP contribution in [0.1, 0.15) is 47.2 Å². The Labute approximate surface area is 181 Å². The molecular weight excluding hydrogens is 389 g/mol. The van der Waals surface area contributed by atoms with Gasteiger partial charge in [-0.3, -0.25) is 9.79 Å². The van der Waals surface area contributed by atoms with Crippen LogP contribution in [0.15, 0.2) is 77.6 Å². The molecule has 0 unspecified atom stereocenters. The van der Waals surface area contributed by atoms with Gasteiger partial charge in [0.2, 0.25) is 0 Å². The molecule has 0 saturated heterocycles. The molecule has 0 bridgehead atoms. The van der Waals surface area contributed by atoms with E-state index < -0.39 is 0 Å². The first-order chi connectivity index (χ1) is 15.2. The van der Waals surface area contributed by atoms with Gasteiger partial charge in [0, 0.05) is 36.2 Å². The van der Waals surface area contributed by atoms with Crippen molar-refractivity contribution in [2.24, 2.45) is 4.99 Å². The highest BCUT2D eigenvalue weighted by Gasteiger charge is 2.11. The number of benzene rings is 2. The third-order valence-corrected chi connectivity index (χ3v) is 5.09. The van der Waals surface area contributed by atoms with Gasteiger partial charge in [-0.15, -0.1) is 0 Å². The number of unbranched alkanes of at least 4 members (excludes halogenated alkanes) is 1. The van der Waals surface area contributed by atoms with E-state index in [9.17, 15) is 9.18 Å². The molecule has 0 radical (unpaired) electrons. The Morgan fingerprint density at radius 1 is 1.10 bits per heavy atom. The van der Waals surface area contributed by atoms with E-state index in [1.54, 1.807) is 23.0 Å². The van der Waals surface area contributed by atoms with Crippen molar-refractivity contribution in [3.63, 3.8) is 0 Å². The van der Waals surface area contributed by atoms with Gasteiger partial charge < -0.3 is 0 Å². The Kier molecular flexibility index (Phi) is 6.49. The van der Waals surface area contributed by atoms with E-state index in [2.05, 4.69) is 28.0 Å². The van der Waals surface area contributed by atoms with Crippen LogP contribution in [0.2, 0.25) is 0 Å². The number of allylic oxidation sites excluding steroid dienone is 1. The number of aliphatic imine (C=N–C) groups is 1. The van der Waals surface area contributed by atoms with Crippen molar-refractivity contribution < 1.29 is 9.18 Å². The molecule has 4 rings (SSSR count). The SMILES string of the molecule is O=C(CCCCC1=CCN=C1)c1ccc(-n2cccn2)c(C#Cc2ccc(F)cc2)c1. The number of ketones is 1. The second kappa shape index (κ2) is 9.82. The molecule has 1 aliphatic rings. The van der Waals surface area contributed by atoms with Gasteiger partial charge in [0.25, 0.3) is 0 Å². The van der Waals surface area contributed by atoms with Gasteiger partial charge in [0.15, 0.2) is 5.78 Å². The van der Waals surface area contributed by atoms with Crippen LogP contribution in [-0.2, 0) is 0 Å². The van der Waals surface area contributed by atoms with Gasteiger partial charge in [0.1, 0.15) is 5.82 Å². The number of Topliss-reactive ketones (excluding diaryl/α,β-unsaturated/α-hetero) is 1. The minimum absolute atomic E-state index is 0.103. The molecule has 0 saturated carbocycles. The maximum atomic E-state index is 13.2. The average Bonchev–Trinajstić information content (AvgIpc) is 3.50. The first-order valence-electron chi connectivity index (χ1n) is 10.3. The van der Waals surface area contributed by atoms with Crippen molar-refractivity contribution in [3.8, 4) is 17.5 Å². The summed E-state index contributed by atoms with van der Waals surface area (Å²) in [5.74, 6) is 5.99. The number of nitrogens with zero attached hydrogens (tertiary/aromatic N) is 3. The number of aromatic nitrogens is 2. The van der Waals surface area contributed by atoms with Crippen molar-refractivity contribution in [1.82, 2.24) is 9.78 Å². The Balaban J connectivity index is 1.51. The number of halogens is 1. The molecule has 0 spiro atoms. The quantitative estimate of drug-likeness (QED) is 0.306. The number of hydrogen-bond acceptors (Lipinski definition) is 3. The molecule has 5 heteroatoms. The minimum atomic E-state index is -0.299. The molecule has 1 aromatic heterocycles. The fourth-order valence-corrected chi connectivity index (χ4v) is 3.41. The summed E-state index contributed by atoms with van der Waals surface area (Å²) in [6.07, 6.45) is 10.8. The number of rotatable bonds is 7. The predicted molar refractivity (Wildman–Crippen MR) is 120 cm³/mol. The van der Waals surface area contributed by atoms with Gasteiger partial charge in [-0.2, -0.15) is 5.10 Å². The lowest BCUT2D eigenvalue weighted by Crippen LogP contribution is -2.03. The van der Waals surface area contributed by atoms with E-state index in [1.807, 2.05) is 36.7 Å². The first-order valence-corrected chi connectivity index (χ1v) is 10.3. The Morgan fingerprint density at radius 2 is 1.97 bits per heavy atom. The molecule has 0 atom stereocenters. The van der Waals surface area contributed by atoms with Crippen molar-refractivity contribution >= 4 is 12.0 Å². The van der Waals surface area contributed by atoms with Crippen LogP contribution >= 0.6 is 0 Å². The topological polar surface area (TPSA) is 47.2 Å². The minimum Gasteiger partial charge on any atom is -0.294 e. The summed E-state index contributed by atoms with van der Waals surface area (Å²) >= 11 is 0. The highest BCUT2D eigenvalue weighted by atomic mass is 19.1. The summed E-state index contributed by atoms with van der Waals surface area (Å²) in [5, 5.41) is 4.29. The van der Waals surface area contributed by atoms with E-state index in [4.69, 9.17) is 0 Å². The molecule has 1 aliphatic heterocycles. The van der Waals surface area contributed by atoms with Crippen molar-refractivity contribution in [1.29, 1.82) is 0 Å². The second-order valence-electron chi connectivity index (χ2n) is 7.34. The number of carbonyl (C=O) groups excluding carboxylic acids is 1. The van der Waals surface area contributed by atoms with E-state index in [0.29, 0.717) is 23.1 Å². The Morgan fingerprint density at radius 3 is 2.71 bits per heavy atom. The van der Waals surface area contributed by atoms with Crippen LogP contribution in [0.4, 0.5) is 4.39 Å². The average molecular weight is 411 g/mol. The Bertz CT molecular complexity index is 1180. The van der Waals surface area contributed by atoms with Crippen LogP contribution < -0.4 is 0 Å². The summed E-state index contributed by atoms with van der Waals surface area (Å²) < 4.78 is 14.9. The van der Waals surface area contributed by atoms with Crippen LogP contribution in [0.25, 0.3) is 5.69 Å². The molecule has 0 aliphatic carbocycles. The molecular formula is C26H22FN3O. The lowest BCUT2D eigenvalue weighted by Gasteiger charge is -2.08. The van der Waals surface area contributed by atoms with Crippen molar-refractivity contribution in [3.05, 3.63) is 95.1 Å². The van der Waals surface area contributed by atoms with Crippen LogP contribution in [-0.4, -0.2) is 28.3 Å². The van der Waals surface area contributed by atoms with Gasteiger partial charge in [-0.25, -0.2) is 9.07 Å². The zero-order valence-electron chi connectivity index (χ0n) is 17.1. The third-order valence-electron chi connectivity index (χ3n) is 5.09. The largest absolute Gasteiger partial charge is 0.294 e. The van der Waals surface area contributed by atoms with Crippen molar-refractivity contribution in [2.45, 2.75) is 25.7 Å². The first kappa shape index (κ1) is 20.5. The third kappa shape index (κ3) is 5.43. The van der Waals surface area contributed by atoms with Gasteiger partial charge >= 0.3 is 0 Å². The van der Waals surface area contributed by atoms with Crippen LogP contribution in [0.5, 0.6) is 0 Å². The molecule has 2 heterocycles. The molecule has 2 aromatic carbocycles. The molecule has 0 fully saturated rings. The molecule has 0 amide bonds. The van der Waals surface area contributed by atoms with Crippen LogP contribution in [0, 0.1) is 17.7 Å². The predicted octanol–water partition coefficient (Wildman–Crippen LogP) is 5.17. The zero-order valence-corrected chi connectivity index (χ0v) is 17.1. The van der Waals surface area contributed by atoms with Gasteiger partial charge in [-0.05, 0) is 73.4 Å². The maximum absolute atomic E-state index is 13.2. The highest BCUT2D eigenvalue weighted by molar-refractivity contribution is 5.96. The monoisotopic (exact) mass is 411 g/mol. The smallest absolute Gasteiger partial charge is 0.162 e. The summed E-state index contributed by atoms with van der Waals surface area (Å²) in [7, 11) is 0. The second-order valence-corrected chi connectivity index (χ2v) is 7.34. The zero-order chi connectivity index (χ0) is 21.5. The lowest BCUT2D eigenvalue weighted by atomic mass is 10.0. The highest BCUT2D eigenvalue weighted by Crippen LogP contribution is 2.19. The van der Waals surface area contributed by atoms with E-state index in [-0.39, 0.29) is 11.6 Å². The normalized spacial score (nSPS) is 12.4. The van der Waals surface area contributed by atoms with Gasteiger partial charge in [0.05, 0.1) is 17.8 Å². The van der Waals surface area contributed by atoms with E-state index in [1.165, 1.54) is 17.7 Å². The standard InChI is InChI=1S/C26H22FN3O/c27-24-11-7-20(8-12-24)6-9-22-18-23(10-13-25(22)30-17-3-15-29-30)26(31)5-2-1-4-21-14-16-28-19-21/h3,7-8,10-15,17-19H,1-2,4-5,16H2. The molecule has 3 aromatic rings. The fourth-order valence-electron chi connectivity index (χ4n) is 3.41. The van der Waals surface area contributed by atoms with E-state index >= 15 is 0 Å². The summed E-state index contributed by atoms with van der Waals surface area (Å²) in [6, 6.07) is 13.4. The van der Waals surface area contributed by atoms with E-state index in [0.717, 1.165) is 31.5 Å². The summed E-state index contributed by atoms with van der Waals surface area (Å²) in [4.78, 5) is 16.9. The lowest BCUT2D eigenvalue weighted by molar-refractivity contribution is 0.0979. The fraction of sp³-hybridized carbons (Fsp3) is 0.192.